The molecule has 0 heterocycles. The molecule has 0 aliphatic carbocycles. The Morgan fingerprint density at radius 2 is 1.33 bits per heavy atom. The number of hydrogen-bond donors (Lipinski definition) is 3. The van der Waals surface area contributed by atoms with Gasteiger partial charge in [0.2, 0.25) is 0 Å². The van der Waals surface area contributed by atoms with Crippen LogP contribution >= 0.6 is 0 Å². The Morgan fingerprint density at radius 1 is 0.861 bits per heavy atom. The van der Waals surface area contributed by atoms with Crippen molar-refractivity contribution in [2.24, 2.45) is 0 Å². The number of carboxylic acids is 2. The number of ether oxygens (including phenoxy) is 1. The van der Waals surface area contributed by atoms with Crippen molar-refractivity contribution in [1.82, 2.24) is 0 Å². The van der Waals surface area contributed by atoms with Crippen molar-refractivity contribution in [3.05, 3.63) is 30.3 Å². The van der Waals surface area contributed by atoms with Crippen molar-refractivity contribution in [2.45, 2.75) is 109 Å². The van der Waals surface area contributed by atoms with Gasteiger partial charge < -0.3 is 10.2 Å². The molecule has 2 atom stereocenters. The molecular weight excluding hydrogens is 511 g/mol. The van der Waals surface area contributed by atoms with Crippen LogP contribution in [0.15, 0.2) is 30.3 Å². The first-order chi connectivity index (χ1) is 17.1. The third kappa shape index (κ3) is 20.6. The van der Waals surface area contributed by atoms with Crippen LogP contribution < -0.4 is 4.74 Å². The Kier molecular flexibility index (Phi) is 22.2. The first-order valence-electron chi connectivity index (χ1n) is 13.2. The number of hydrogen-bond acceptors (Lipinski definition) is 5. The summed E-state index contributed by atoms with van der Waals surface area (Å²) in [5.74, 6) is -2.45. The molecule has 0 saturated carbocycles. The molecule has 0 saturated heterocycles. The van der Waals surface area contributed by atoms with Gasteiger partial charge in [-0.25, -0.2) is 0 Å². The smallest absolute Gasteiger partial charge is 0.325 e. The molecule has 0 fully saturated rings. The zero-order valence-corrected chi connectivity index (χ0v) is 25.9. The van der Waals surface area contributed by atoms with Crippen molar-refractivity contribution in [1.29, 1.82) is 0 Å². The van der Waals surface area contributed by atoms with E-state index < -0.39 is 33.7 Å². The van der Waals surface area contributed by atoms with Crippen LogP contribution in [0.3, 0.4) is 0 Å². The Labute approximate surface area is 250 Å². The van der Waals surface area contributed by atoms with Crippen molar-refractivity contribution < 1.29 is 37.5 Å². The van der Waals surface area contributed by atoms with E-state index in [1.54, 1.807) is 0 Å². The minimum Gasteiger partial charge on any atom is -0.481 e. The SMILES string of the molecule is CCCCCCCCCCCCCCC([CH2][K])Oc1ccccc1.O=C(O)CC(C(=O)O)S(=O)(=O)O. The van der Waals surface area contributed by atoms with Crippen molar-refractivity contribution in [2.75, 3.05) is 0 Å². The molecule has 1 aromatic carbocycles. The van der Waals surface area contributed by atoms with E-state index in [0.29, 0.717) is 6.10 Å². The second-order valence-electron chi connectivity index (χ2n) is 9.08. The maximum absolute atomic E-state index is 10.2. The molecule has 0 aromatic heterocycles. The Bertz CT molecular complexity index is 801. The molecule has 2 unspecified atom stereocenters. The number of carbonyl (C=O) groups is 2. The second kappa shape index (κ2) is 22.5. The van der Waals surface area contributed by atoms with E-state index in [-0.39, 0.29) is 0 Å². The van der Waals surface area contributed by atoms with E-state index in [2.05, 4.69) is 37.3 Å². The maximum atomic E-state index is 10.2. The largest absolute Gasteiger partial charge is 0.481 e. The number of aliphatic carboxylic acids is 2. The van der Waals surface area contributed by atoms with Gasteiger partial charge in [-0.3, -0.25) is 14.1 Å². The predicted molar refractivity (Wildman–Crippen MR) is 142 cm³/mol. The topological polar surface area (TPSA) is 138 Å². The first-order valence-corrected chi connectivity index (χ1v) is 17.0. The molecule has 202 valence electrons. The zero-order chi connectivity index (χ0) is 27.2. The summed E-state index contributed by atoms with van der Waals surface area (Å²) in [6, 6.07) is 10.3. The van der Waals surface area contributed by atoms with Gasteiger partial charge in [-0.1, -0.05) is 26.2 Å². The van der Waals surface area contributed by atoms with Crippen LogP contribution in [0.2, 0.25) is 0.515 Å². The van der Waals surface area contributed by atoms with Gasteiger partial charge in [0.1, 0.15) is 0 Å². The van der Waals surface area contributed by atoms with E-state index in [1.807, 2.05) is 0 Å². The molecule has 0 amide bonds. The normalized spacial score (nSPS) is 12.8. The van der Waals surface area contributed by atoms with E-state index in [0.717, 1.165) is 54.7 Å². The average Bonchev–Trinajstić information content (AvgIpc) is 2.82. The monoisotopic (exact) mass is 554 g/mol. The fraction of sp³-hybridized carbons (Fsp3) is 0.692. The molecule has 3 N–H and O–H groups in total. The minimum absolute atomic E-state index is 0.468. The van der Waals surface area contributed by atoms with E-state index in [4.69, 9.17) is 19.5 Å². The zero-order valence-electron chi connectivity index (χ0n) is 21.9. The molecule has 1 rings (SSSR count). The summed E-state index contributed by atoms with van der Waals surface area (Å²) in [6.07, 6.45) is 17.6. The van der Waals surface area contributed by atoms with Crippen LogP contribution in [0.25, 0.3) is 0 Å². The van der Waals surface area contributed by atoms with Gasteiger partial charge in [0.05, 0.1) is 6.42 Å². The summed E-state index contributed by atoms with van der Waals surface area (Å²) >= 11 is 0.879. The minimum atomic E-state index is -4.84. The van der Waals surface area contributed by atoms with Gasteiger partial charge in [0.15, 0.2) is 5.25 Å². The van der Waals surface area contributed by atoms with Gasteiger partial charge in [-0.2, -0.15) is 8.42 Å². The van der Waals surface area contributed by atoms with Gasteiger partial charge in [0.25, 0.3) is 10.1 Å². The van der Waals surface area contributed by atoms with Crippen LogP contribution in [0.5, 0.6) is 5.75 Å². The second-order valence-corrected chi connectivity index (χ2v) is 12.0. The maximum Gasteiger partial charge on any atom is 0.325 e. The fourth-order valence-corrected chi connectivity index (χ4v) is 5.24. The van der Waals surface area contributed by atoms with Crippen LogP contribution in [-0.2, 0) is 19.7 Å². The number of benzene rings is 1. The summed E-state index contributed by atoms with van der Waals surface area (Å²) in [6.45, 7) is 2.29. The first kappa shape index (κ1) is 35.5. The van der Waals surface area contributed by atoms with Crippen molar-refractivity contribution >= 4 is 71.0 Å². The molecular formula is C26H43KO8S. The van der Waals surface area contributed by atoms with Crippen LogP contribution in [0, 0.1) is 0 Å². The summed E-state index contributed by atoms with van der Waals surface area (Å²) in [4.78, 5) is 20.0. The van der Waals surface area contributed by atoms with E-state index in [9.17, 15) is 18.0 Å². The third-order valence-corrected chi connectivity index (χ3v) is 8.39. The van der Waals surface area contributed by atoms with Gasteiger partial charge in [-0.15, -0.1) is 0 Å². The van der Waals surface area contributed by atoms with Crippen molar-refractivity contribution in [3.8, 4) is 5.75 Å². The van der Waals surface area contributed by atoms with Gasteiger partial charge >= 0.3 is 173 Å². The summed E-state index contributed by atoms with van der Waals surface area (Å²) < 4.78 is 36.1. The van der Waals surface area contributed by atoms with Gasteiger partial charge in [-0.05, 0) is 0 Å². The van der Waals surface area contributed by atoms with E-state index in [1.165, 1.54) is 84.0 Å². The summed E-state index contributed by atoms with van der Waals surface area (Å²) in [5, 5.41) is 13.9. The molecule has 10 heteroatoms. The fourth-order valence-electron chi connectivity index (χ4n) is 3.73. The number of unbranched alkanes of at least 4 members (excludes halogenated alkanes) is 11. The molecule has 0 aliphatic heterocycles. The predicted octanol–water partition coefficient (Wildman–Crippen LogP) is 5.91. The Hall–Kier alpha value is -0.494. The molecule has 0 spiro atoms. The van der Waals surface area contributed by atoms with Crippen LogP contribution in [0.4, 0.5) is 0 Å². The molecule has 1 aromatic rings. The summed E-state index contributed by atoms with van der Waals surface area (Å²) in [7, 11) is -4.84. The Morgan fingerprint density at radius 3 is 1.69 bits per heavy atom. The molecule has 0 bridgehead atoms. The standard InChI is InChI=1S/C22H37O.C4H6O7S.K/c1-3-4-5-6-7-8-9-10-11-12-13-15-18-21(2)23-22-19-16-14-17-20-22;5-3(6)1-2(4(7)8)12(9,10)11;/h14,16-17,19-21H,2-13,15,18H2,1H3;2H,1H2,(H,5,6)(H,7,8)(H,9,10,11);. The number of rotatable bonds is 20. The summed E-state index contributed by atoms with van der Waals surface area (Å²) in [5.41, 5.74) is 0. The molecule has 8 nitrogen and oxygen atoms in total. The average molecular weight is 555 g/mol. The Balaban J connectivity index is 0.000000860. The van der Waals surface area contributed by atoms with Crippen LogP contribution in [-0.4, -0.2) is 95.4 Å². The number of para-hydroxylation sites is 1. The molecule has 0 radical (unpaired) electrons. The van der Waals surface area contributed by atoms with Crippen molar-refractivity contribution in [3.63, 3.8) is 0 Å². The molecule has 36 heavy (non-hydrogen) atoms. The molecule has 0 aliphatic rings. The van der Waals surface area contributed by atoms with Crippen LogP contribution in [0.1, 0.15) is 96.8 Å². The van der Waals surface area contributed by atoms with Gasteiger partial charge in [0, 0.05) is 0 Å². The number of carboxylic acid groups (broad SMARTS) is 2. The van der Waals surface area contributed by atoms with E-state index >= 15 is 0 Å². The quantitative estimate of drug-likeness (QED) is 0.103. The third-order valence-electron chi connectivity index (χ3n) is 5.88.